The fourth-order valence-corrected chi connectivity index (χ4v) is 3.15. The average Bonchev–Trinajstić information content (AvgIpc) is 2.40. The molecule has 1 heterocycles. The topological polar surface area (TPSA) is 64.4 Å². The third kappa shape index (κ3) is 4.46. The Morgan fingerprint density at radius 3 is 2.68 bits per heavy atom. The number of hydrogen-bond donors (Lipinski definition) is 2. The summed E-state index contributed by atoms with van der Waals surface area (Å²) in [6, 6.07) is 0.221. The van der Waals surface area contributed by atoms with Crippen LogP contribution in [0.15, 0.2) is 0 Å². The van der Waals surface area contributed by atoms with Gasteiger partial charge in [0.1, 0.15) is 0 Å². The normalized spacial score (nSPS) is 30.8. The van der Waals surface area contributed by atoms with Crippen LogP contribution in [0.2, 0.25) is 0 Å². The first-order valence-corrected chi connectivity index (χ1v) is 7.69. The molecule has 4 nitrogen and oxygen atoms in total. The van der Waals surface area contributed by atoms with Crippen LogP contribution in [0.3, 0.4) is 0 Å². The number of amides is 1. The Hall–Kier alpha value is -0.610. The van der Waals surface area contributed by atoms with Gasteiger partial charge in [-0.1, -0.05) is 19.8 Å². The van der Waals surface area contributed by atoms with Gasteiger partial charge in [-0.2, -0.15) is 0 Å². The van der Waals surface area contributed by atoms with Crippen molar-refractivity contribution in [2.24, 2.45) is 17.1 Å². The average molecular weight is 268 g/mol. The zero-order valence-electron chi connectivity index (χ0n) is 12.1. The molecular formula is C15H28N2O2. The molecule has 0 aromatic heterocycles. The summed E-state index contributed by atoms with van der Waals surface area (Å²) in [6.07, 6.45) is 7.31. The van der Waals surface area contributed by atoms with Crippen molar-refractivity contribution in [3.63, 3.8) is 0 Å². The van der Waals surface area contributed by atoms with E-state index in [2.05, 4.69) is 12.2 Å². The highest BCUT2D eigenvalue weighted by atomic mass is 16.5. The lowest BCUT2D eigenvalue weighted by atomic mass is 9.81. The van der Waals surface area contributed by atoms with Crippen LogP contribution in [0.4, 0.5) is 0 Å². The van der Waals surface area contributed by atoms with Gasteiger partial charge in [-0.3, -0.25) is 4.79 Å². The highest BCUT2D eigenvalue weighted by molar-refractivity contribution is 5.76. The van der Waals surface area contributed by atoms with E-state index in [0.29, 0.717) is 12.3 Å². The third-order valence-electron chi connectivity index (χ3n) is 4.83. The van der Waals surface area contributed by atoms with Gasteiger partial charge in [0.05, 0.1) is 0 Å². The largest absolute Gasteiger partial charge is 0.381 e. The van der Waals surface area contributed by atoms with Crippen LogP contribution in [0, 0.1) is 11.3 Å². The number of carbonyl (C=O) groups is 1. The number of ether oxygens (including phenoxy) is 1. The van der Waals surface area contributed by atoms with Crippen molar-refractivity contribution >= 4 is 5.91 Å². The first-order valence-electron chi connectivity index (χ1n) is 7.69. The Kier molecular flexibility index (Phi) is 5.22. The molecule has 0 radical (unpaired) electrons. The van der Waals surface area contributed by atoms with E-state index in [0.717, 1.165) is 45.4 Å². The Bertz CT molecular complexity index is 301. The molecule has 0 spiro atoms. The summed E-state index contributed by atoms with van der Waals surface area (Å²) < 4.78 is 5.38. The molecule has 4 heteroatoms. The van der Waals surface area contributed by atoms with Crippen molar-refractivity contribution in [2.75, 3.05) is 19.8 Å². The third-order valence-corrected chi connectivity index (χ3v) is 4.83. The molecule has 1 aliphatic heterocycles. The first kappa shape index (κ1) is 14.8. The van der Waals surface area contributed by atoms with Crippen molar-refractivity contribution in [3.05, 3.63) is 0 Å². The minimum absolute atomic E-state index is 0.176. The molecular weight excluding hydrogens is 240 g/mol. The Balaban J connectivity index is 1.71. The Morgan fingerprint density at radius 1 is 1.32 bits per heavy atom. The Labute approximate surface area is 116 Å². The van der Waals surface area contributed by atoms with E-state index in [1.165, 1.54) is 12.8 Å². The van der Waals surface area contributed by atoms with E-state index in [1.807, 2.05) is 0 Å². The van der Waals surface area contributed by atoms with E-state index in [4.69, 9.17) is 10.5 Å². The molecule has 1 saturated carbocycles. The predicted molar refractivity (Wildman–Crippen MR) is 75.7 cm³/mol. The van der Waals surface area contributed by atoms with Crippen molar-refractivity contribution in [2.45, 2.75) is 57.9 Å². The fourth-order valence-electron chi connectivity index (χ4n) is 3.15. The molecule has 19 heavy (non-hydrogen) atoms. The minimum atomic E-state index is 0.176. The zero-order valence-corrected chi connectivity index (χ0v) is 12.1. The summed E-state index contributed by atoms with van der Waals surface area (Å²) in [4.78, 5) is 12.0. The van der Waals surface area contributed by atoms with E-state index in [1.54, 1.807) is 0 Å². The van der Waals surface area contributed by atoms with Crippen LogP contribution >= 0.6 is 0 Å². The summed E-state index contributed by atoms with van der Waals surface area (Å²) >= 11 is 0. The summed E-state index contributed by atoms with van der Waals surface area (Å²) in [7, 11) is 0. The van der Waals surface area contributed by atoms with E-state index in [9.17, 15) is 4.79 Å². The Morgan fingerprint density at radius 2 is 2.00 bits per heavy atom. The summed E-state index contributed by atoms with van der Waals surface area (Å²) in [5.41, 5.74) is 6.31. The second-order valence-electron chi connectivity index (χ2n) is 6.61. The number of carbonyl (C=O) groups excluding carboxylic acids is 1. The molecule has 2 aliphatic rings. The molecule has 0 bridgehead atoms. The number of rotatable bonds is 4. The maximum Gasteiger partial charge on any atom is 0.220 e. The molecule has 2 rings (SSSR count). The smallest absolute Gasteiger partial charge is 0.220 e. The van der Waals surface area contributed by atoms with Crippen molar-refractivity contribution < 1.29 is 9.53 Å². The lowest BCUT2D eigenvalue weighted by molar-refractivity contribution is -0.123. The SMILES string of the molecule is CC1(CNC(=O)CC2CCCCC2N)CCOCC1. The lowest BCUT2D eigenvalue weighted by Crippen LogP contribution is -2.42. The van der Waals surface area contributed by atoms with E-state index >= 15 is 0 Å². The standard InChI is InChI=1S/C15H28N2O2/c1-15(6-8-19-9-7-15)11-17-14(18)10-12-4-2-3-5-13(12)16/h12-13H,2-11,16H2,1H3,(H,17,18). The lowest BCUT2D eigenvalue weighted by Gasteiger charge is -2.34. The van der Waals surface area contributed by atoms with Crippen molar-refractivity contribution in [1.82, 2.24) is 5.32 Å². The highest BCUT2D eigenvalue weighted by Crippen LogP contribution is 2.29. The van der Waals surface area contributed by atoms with Gasteiger partial charge in [-0.25, -0.2) is 0 Å². The first-order chi connectivity index (χ1) is 9.09. The molecule has 1 amide bonds. The van der Waals surface area contributed by atoms with Crippen LogP contribution in [0.25, 0.3) is 0 Å². The fraction of sp³-hybridized carbons (Fsp3) is 0.933. The predicted octanol–water partition coefficient (Wildman–Crippen LogP) is 1.83. The maximum atomic E-state index is 12.0. The summed E-state index contributed by atoms with van der Waals surface area (Å²) in [6.45, 7) is 4.65. The van der Waals surface area contributed by atoms with Gasteiger partial charge in [0.25, 0.3) is 0 Å². The minimum Gasteiger partial charge on any atom is -0.381 e. The molecule has 2 atom stereocenters. The van der Waals surface area contributed by atoms with Gasteiger partial charge >= 0.3 is 0 Å². The molecule has 110 valence electrons. The van der Waals surface area contributed by atoms with Gasteiger partial charge in [0, 0.05) is 32.2 Å². The number of nitrogens with one attached hydrogen (secondary N) is 1. The van der Waals surface area contributed by atoms with Crippen molar-refractivity contribution in [1.29, 1.82) is 0 Å². The second-order valence-corrected chi connectivity index (χ2v) is 6.61. The van der Waals surface area contributed by atoms with Crippen LogP contribution < -0.4 is 11.1 Å². The van der Waals surface area contributed by atoms with Gasteiger partial charge < -0.3 is 15.8 Å². The maximum absolute atomic E-state index is 12.0. The zero-order chi connectivity index (χ0) is 13.7. The number of nitrogens with two attached hydrogens (primary N) is 1. The van der Waals surface area contributed by atoms with Gasteiger partial charge in [0.2, 0.25) is 5.91 Å². The van der Waals surface area contributed by atoms with Crippen LogP contribution in [0.1, 0.15) is 51.9 Å². The van der Waals surface area contributed by atoms with Crippen LogP contribution in [0.5, 0.6) is 0 Å². The second kappa shape index (κ2) is 6.71. The van der Waals surface area contributed by atoms with Gasteiger partial charge in [0.15, 0.2) is 0 Å². The van der Waals surface area contributed by atoms with Gasteiger partial charge in [-0.15, -0.1) is 0 Å². The van der Waals surface area contributed by atoms with Crippen molar-refractivity contribution in [3.8, 4) is 0 Å². The van der Waals surface area contributed by atoms with E-state index < -0.39 is 0 Å². The molecule has 2 fully saturated rings. The molecule has 2 unspecified atom stereocenters. The highest BCUT2D eigenvalue weighted by Gasteiger charge is 2.29. The molecule has 0 aromatic rings. The number of hydrogen-bond acceptors (Lipinski definition) is 3. The van der Waals surface area contributed by atoms with Crippen LogP contribution in [-0.2, 0) is 9.53 Å². The molecule has 0 aromatic carbocycles. The molecule has 3 N–H and O–H groups in total. The van der Waals surface area contributed by atoms with Gasteiger partial charge in [-0.05, 0) is 37.0 Å². The monoisotopic (exact) mass is 268 g/mol. The summed E-state index contributed by atoms with van der Waals surface area (Å²) in [5.74, 6) is 0.561. The quantitative estimate of drug-likeness (QED) is 0.817. The molecule has 1 aliphatic carbocycles. The van der Waals surface area contributed by atoms with Crippen LogP contribution in [-0.4, -0.2) is 31.7 Å². The van der Waals surface area contributed by atoms with E-state index in [-0.39, 0.29) is 17.4 Å². The summed E-state index contributed by atoms with van der Waals surface area (Å²) in [5, 5.41) is 3.11. The molecule has 1 saturated heterocycles.